The van der Waals surface area contributed by atoms with Crippen LogP contribution in [-0.4, -0.2) is 51.7 Å². The summed E-state index contributed by atoms with van der Waals surface area (Å²) in [5, 5.41) is 3.19. The van der Waals surface area contributed by atoms with Gasteiger partial charge < -0.3 is 9.64 Å². The zero-order chi connectivity index (χ0) is 16.6. The van der Waals surface area contributed by atoms with Crippen molar-refractivity contribution in [1.29, 1.82) is 0 Å². The summed E-state index contributed by atoms with van der Waals surface area (Å²) in [5.74, 6) is 0. The number of amides is 1. The van der Waals surface area contributed by atoms with Crippen molar-refractivity contribution in [3.05, 3.63) is 16.6 Å². The van der Waals surface area contributed by atoms with Gasteiger partial charge in [0.1, 0.15) is 10.6 Å². The number of nitrogens with zero attached hydrogens (tertiary/aromatic N) is 3. The number of piperidine rings is 1. The van der Waals surface area contributed by atoms with Crippen LogP contribution in [0, 0.1) is 0 Å². The first-order valence-electron chi connectivity index (χ1n) is 8.43. The zero-order valence-electron chi connectivity index (χ0n) is 14.5. The molecule has 0 aliphatic carbocycles. The van der Waals surface area contributed by atoms with Crippen LogP contribution in [0.2, 0.25) is 0 Å². The number of aromatic nitrogens is 1. The number of ether oxygens (including phenoxy) is 1. The molecule has 6 heteroatoms. The third-order valence-corrected chi connectivity index (χ3v) is 5.57. The van der Waals surface area contributed by atoms with E-state index in [1.165, 1.54) is 0 Å². The van der Waals surface area contributed by atoms with Gasteiger partial charge in [-0.2, -0.15) is 0 Å². The number of hydrogen-bond acceptors (Lipinski definition) is 5. The number of hydrogen-bond donors (Lipinski definition) is 0. The Morgan fingerprint density at radius 3 is 2.57 bits per heavy atom. The largest absolute Gasteiger partial charge is 0.444 e. The quantitative estimate of drug-likeness (QED) is 0.847. The molecule has 0 saturated carbocycles. The van der Waals surface area contributed by atoms with Crippen molar-refractivity contribution in [2.45, 2.75) is 76.7 Å². The Morgan fingerprint density at radius 1 is 1.39 bits per heavy atom. The number of rotatable bonds is 3. The van der Waals surface area contributed by atoms with Crippen molar-refractivity contribution in [2.75, 3.05) is 7.05 Å². The molecule has 0 spiro atoms. The van der Waals surface area contributed by atoms with Gasteiger partial charge in [0, 0.05) is 29.7 Å². The van der Waals surface area contributed by atoms with Crippen LogP contribution >= 0.6 is 11.3 Å². The molecule has 0 radical (unpaired) electrons. The fourth-order valence-electron chi connectivity index (χ4n) is 3.79. The molecule has 5 nitrogen and oxygen atoms in total. The second-order valence-corrected chi connectivity index (χ2v) is 8.72. The highest BCUT2D eigenvalue weighted by atomic mass is 32.1. The number of carbonyl (C=O) groups excluding carboxylic acids is 1. The van der Waals surface area contributed by atoms with E-state index in [4.69, 9.17) is 4.74 Å². The van der Waals surface area contributed by atoms with Crippen LogP contribution in [0.4, 0.5) is 4.79 Å². The summed E-state index contributed by atoms with van der Waals surface area (Å²) in [6.45, 7) is 6.69. The van der Waals surface area contributed by atoms with Gasteiger partial charge in [0.05, 0.1) is 6.54 Å². The van der Waals surface area contributed by atoms with E-state index in [-0.39, 0.29) is 6.09 Å². The number of carbonyl (C=O) groups is 1. The SMILES string of the molecule is CN(Cc1nccs1)C1CC2CCC(C1)N2C(=O)OC(C)(C)C. The van der Waals surface area contributed by atoms with Crippen molar-refractivity contribution in [1.82, 2.24) is 14.8 Å². The van der Waals surface area contributed by atoms with Crippen molar-refractivity contribution >= 4 is 17.4 Å². The molecule has 2 aliphatic heterocycles. The van der Waals surface area contributed by atoms with Crippen molar-refractivity contribution in [2.24, 2.45) is 0 Å². The molecule has 23 heavy (non-hydrogen) atoms. The minimum absolute atomic E-state index is 0.133. The van der Waals surface area contributed by atoms with Gasteiger partial charge in [0.15, 0.2) is 0 Å². The van der Waals surface area contributed by atoms with Gasteiger partial charge in [-0.05, 0) is 53.5 Å². The van der Waals surface area contributed by atoms with Gasteiger partial charge in [0.25, 0.3) is 0 Å². The van der Waals surface area contributed by atoms with Crippen molar-refractivity contribution in [3.8, 4) is 0 Å². The number of thiazole rings is 1. The summed E-state index contributed by atoms with van der Waals surface area (Å²) in [6, 6.07) is 1.18. The van der Waals surface area contributed by atoms with Crippen molar-refractivity contribution < 1.29 is 9.53 Å². The van der Waals surface area contributed by atoms with Crippen LogP contribution in [-0.2, 0) is 11.3 Å². The Bertz CT molecular complexity index is 527. The molecule has 1 aromatic rings. The molecule has 2 unspecified atom stereocenters. The highest BCUT2D eigenvalue weighted by molar-refractivity contribution is 7.09. The average molecular weight is 337 g/mol. The van der Waals surface area contributed by atoms with Gasteiger partial charge in [-0.3, -0.25) is 4.90 Å². The van der Waals surface area contributed by atoms with Gasteiger partial charge >= 0.3 is 6.09 Å². The maximum absolute atomic E-state index is 12.5. The van der Waals surface area contributed by atoms with E-state index in [2.05, 4.69) is 16.9 Å². The smallest absolute Gasteiger partial charge is 0.410 e. The molecule has 0 N–H and O–H groups in total. The Kier molecular flexibility index (Phi) is 4.65. The summed E-state index contributed by atoms with van der Waals surface area (Å²) >= 11 is 1.71. The molecule has 128 valence electrons. The van der Waals surface area contributed by atoms with E-state index < -0.39 is 5.60 Å². The third-order valence-electron chi connectivity index (χ3n) is 4.80. The lowest BCUT2D eigenvalue weighted by atomic mass is 9.96. The topological polar surface area (TPSA) is 45.7 Å². The lowest BCUT2D eigenvalue weighted by Crippen LogP contribution is -2.52. The maximum atomic E-state index is 12.5. The molecular formula is C17H27N3O2S. The standard InChI is InChI=1S/C17H27N3O2S/c1-17(2,3)22-16(21)20-12-5-6-13(20)10-14(9-12)19(4)11-15-18-7-8-23-15/h7-8,12-14H,5-6,9-11H2,1-4H3. The van der Waals surface area contributed by atoms with E-state index >= 15 is 0 Å². The van der Waals surface area contributed by atoms with Crippen LogP contribution in [0.15, 0.2) is 11.6 Å². The lowest BCUT2D eigenvalue weighted by Gasteiger charge is -2.42. The van der Waals surface area contributed by atoms with Crippen LogP contribution in [0.3, 0.4) is 0 Å². The lowest BCUT2D eigenvalue weighted by molar-refractivity contribution is -0.00277. The highest BCUT2D eigenvalue weighted by Gasteiger charge is 2.45. The fraction of sp³-hybridized carbons (Fsp3) is 0.765. The van der Waals surface area contributed by atoms with Gasteiger partial charge in [0.2, 0.25) is 0 Å². The molecule has 3 heterocycles. The van der Waals surface area contributed by atoms with Gasteiger partial charge in [-0.15, -0.1) is 11.3 Å². The predicted octanol–water partition coefficient (Wildman–Crippen LogP) is 3.51. The predicted molar refractivity (Wildman–Crippen MR) is 91.5 cm³/mol. The van der Waals surface area contributed by atoms with E-state index in [0.29, 0.717) is 18.1 Å². The van der Waals surface area contributed by atoms with Gasteiger partial charge in [-0.1, -0.05) is 0 Å². The summed E-state index contributed by atoms with van der Waals surface area (Å²) in [6.07, 6.45) is 6.01. The zero-order valence-corrected chi connectivity index (χ0v) is 15.3. The Balaban J connectivity index is 1.61. The first-order valence-corrected chi connectivity index (χ1v) is 9.31. The minimum Gasteiger partial charge on any atom is -0.444 e. The Morgan fingerprint density at radius 2 is 2.04 bits per heavy atom. The molecule has 2 aliphatic rings. The normalized spacial score (nSPS) is 27.5. The molecule has 1 amide bonds. The average Bonchev–Trinajstić information content (AvgIpc) is 3.03. The first-order chi connectivity index (χ1) is 10.8. The summed E-state index contributed by atoms with van der Waals surface area (Å²) in [5.41, 5.74) is -0.422. The molecule has 0 aromatic carbocycles. The minimum atomic E-state index is -0.422. The highest BCUT2D eigenvalue weighted by Crippen LogP contribution is 2.38. The molecule has 2 bridgehead atoms. The van der Waals surface area contributed by atoms with E-state index in [1.807, 2.05) is 37.2 Å². The summed E-state index contributed by atoms with van der Waals surface area (Å²) in [7, 11) is 2.18. The molecule has 2 atom stereocenters. The van der Waals surface area contributed by atoms with Crippen molar-refractivity contribution in [3.63, 3.8) is 0 Å². The van der Waals surface area contributed by atoms with Crippen LogP contribution < -0.4 is 0 Å². The summed E-state index contributed by atoms with van der Waals surface area (Å²) in [4.78, 5) is 21.3. The number of fused-ring (bicyclic) bond motifs is 2. The molecule has 3 rings (SSSR count). The Hall–Kier alpha value is -1.14. The monoisotopic (exact) mass is 337 g/mol. The van der Waals surface area contributed by atoms with Crippen LogP contribution in [0.25, 0.3) is 0 Å². The molecule has 1 aromatic heterocycles. The van der Waals surface area contributed by atoms with Gasteiger partial charge in [-0.25, -0.2) is 9.78 Å². The van der Waals surface area contributed by atoms with Crippen LogP contribution in [0.5, 0.6) is 0 Å². The fourth-order valence-corrected chi connectivity index (χ4v) is 4.47. The van der Waals surface area contributed by atoms with E-state index in [0.717, 1.165) is 37.2 Å². The molecular weight excluding hydrogens is 310 g/mol. The van der Waals surface area contributed by atoms with E-state index in [1.54, 1.807) is 11.3 Å². The second kappa shape index (κ2) is 6.40. The molecule has 2 fully saturated rings. The maximum Gasteiger partial charge on any atom is 0.410 e. The first kappa shape index (κ1) is 16.7. The third kappa shape index (κ3) is 3.86. The molecule has 2 saturated heterocycles. The second-order valence-electron chi connectivity index (χ2n) is 7.74. The van der Waals surface area contributed by atoms with E-state index in [9.17, 15) is 4.79 Å². The Labute approximate surface area is 142 Å². The summed E-state index contributed by atoms with van der Waals surface area (Å²) < 4.78 is 5.60. The van der Waals surface area contributed by atoms with Crippen LogP contribution in [0.1, 0.15) is 51.5 Å².